The molecule has 0 unspecified atom stereocenters. The molecule has 0 bridgehead atoms. The van der Waals surface area contributed by atoms with E-state index in [1.165, 1.54) is 25.7 Å². The summed E-state index contributed by atoms with van der Waals surface area (Å²) >= 11 is 0. The van der Waals surface area contributed by atoms with Gasteiger partial charge in [0.1, 0.15) is 0 Å². The van der Waals surface area contributed by atoms with Gasteiger partial charge in [-0.1, -0.05) is 12.8 Å². The minimum atomic E-state index is 0.0938. The van der Waals surface area contributed by atoms with Crippen LogP contribution in [-0.2, 0) is 4.79 Å². The summed E-state index contributed by atoms with van der Waals surface area (Å²) in [6, 6.07) is 0.531. The van der Waals surface area contributed by atoms with Crippen LogP contribution in [0.3, 0.4) is 0 Å². The topological polar surface area (TPSA) is 32.3 Å². The molecule has 0 aromatic heterocycles. The van der Waals surface area contributed by atoms with Crippen molar-refractivity contribution in [2.24, 2.45) is 0 Å². The molecule has 3 heteroatoms. The van der Waals surface area contributed by atoms with E-state index in [2.05, 4.69) is 24.1 Å². The zero-order valence-corrected chi connectivity index (χ0v) is 9.18. The van der Waals surface area contributed by atoms with Gasteiger partial charge in [-0.3, -0.25) is 4.79 Å². The number of nitrogens with zero attached hydrogens (tertiary/aromatic N) is 1. The highest BCUT2D eigenvalue weighted by atomic mass is 16.2. The quantitative estimate of drug-likeness (QED) is 0.682. The molecule has 1 amide bonds. The normalized spacial score (nSPS) is 28.4. The lowest BCUT2D eigenvalue weighted by molar-refractivity contribution is -0.137. The highest BCUT2D eigenvalue weighted by Gasteiger charge is 2.35. The molecule has 14 heavy (non-hydrogen) atoms. The number of amides is 1. The van der Waals surface area contributed by atoms with Crippen LogP contribution in [0, 0.1) is 0 Å². The van der Waals surface area contributed by atoms with E-state index >= 15 is 0 Å². The zero-order chi connectivity index (χ0) is 10.2. The van der Waals surface area contributed by atoms with E-state index in [0.29, 0.717) is 12.6 Å². The van der Waals surface area contributed by atoms with Crippen molar-refractivity contribution in [3.05, 3.63) is 0 Å². The Balaban J connectivity index is 2.04. The predicted octanol–water partition coefficient (Wildman–Crippen LogP) is 1.14. The van der Waals surface area contributed by atoms with Crippen LogP contribution < -0.4 is 5.32 Å². The maximum absolute atomic E-state index is 11.7. The number of carbonyl (C=O) groups excluding carboxylic acids is 1. The first kappa shape index (κ1) is 9.97. The SMILES string of the molecule is CC1(C)CN(C2CCCC2)C(=O)CN1. The summed E-state index contributed by atoms with van der Waals surface area (Å²) in [7, 11) is 0. The third kappa shape index (κ3) is 1.92. The molecule has 1 saturated heterocycles. The van der Waals surface area contributed by atoms with E-state index in [-0.39, 0.29) is 11.4 Å². The van der Waals surface area contributed by atoms with Crippen LogP contribution in [-0.4, -0.2) is 35.5 Å². The lowest BCUT2D eigenvalue weighted by Gasteiger charge is -2.41. The Morgan fingerprint density at radius 2 is 2.00 bits per heavy atom. The van der Waals surface area contributed by atoms with Crippen LogP contribution in [0.2, 0.25) is 0 Å². The average Bonchev–Trinajstić information content (AvgIpc) is 2.62. The van der Waals surface area contributed by atoms with Crippen molar-refractivity contribution >= 4 is 5.91 Å². The molecule has 1 N–H and O–H groups in total. The largest absolute Gasteiger partial charge is 0.337 e. The van der Waals surface area contributed by atoms with Crippen molar-refractivity contribution in [3.63, 3.8) is 0 Å². The first-order valence-electron chi connectivity index (χ1n) is 5.63. The monoisotopic (exact) mass is 196 g/mol. The fourth-order valence-corrected chi connectivity index (χ4v) is 2.54. The summed E-state index contributed by atoms with van der Waals surface area (Å²) in [5, 5.41) is 3.27. The van der Waals surface area contributed by atoms with Gasteiger partial charge < -0.3 is 10.2 Å². The minimum Gasteiger partial charge on any atom is -0.337 e. The number of rotatable bonds is 1. The smallest absolute Gasteiger partial charge is 0.236 e. The van der Waals surface area contributed by atoms with Gasteiger partial charge in [-0.2, -0.15) is 0 Å². The zero-order valence-electron chi connectivity index (χ0n) is 9.18. The summed E-state index contributed by atoms with van der Waals surface area (Å²) < 4.78 is 0. The molecule has 0 radical (unpaired) electrons. The number of hydrogen-bond donors (Lipinski definition) is 1. The Labute approximate surface area is 85.8 Å². The number of hydrogen-bond acceptors (Lipinski definition) is 2. The van der Waals surface area contributed by atoms with Gasteiger partial charge in [-0.15, -0.1) is 0 Å². The second kappa shape index (κ2) is 3.54. The van der Waals surface area contributed by atoms with Crippen LogP contribution >= 0.6 is 0 Å². The van der Waals surface area contributed by atoms with Gasteiger partial charge in [0.2, 0.25) is 5.91 Å². The molecule has 0 aromatic carbocycles. The third-order valence-corrected chi connectivity index (χ3v) is 3.37. The second-order valence-electron chi connectivity index (χ2n) is 5.20. The van der Waals surface area contributed by atoms with Crippen molar-refractivity contribution in [1.82, 2.24) is 10.2 Å². The maximum Gasteiger partial charge on any atom is 0.236 e. The van der Waals surface area contributed by atoms with E-state index in [1.807, 2.05) is 0 Å². The van der Waals surface area contributed by atoms with Crippen LogP contribution in [0.25, 0.3) is 0 Å². The fourth-order valence-electron chi connectivity index (χ4n) is 2.54. The lowest BCUT2D eigenvalue weighted by Crippen LogP contribution is -2.61. The summed E-state index contributed by atoms with van der Waals surface area (Å²) in [6.45, 7) is 5.72. The van der Waals surface area contributed by atoms with Gasteiger partial charge in [0.15, 0.2) is 0 Å². The molecule has 2 rings (SSSR count). The average molecular weight is 196 g/mol. The van der Waals surface area contributed by atoms with Crippen LogP contribution in [0.1, 0.15) is 39.5 Å². The molecule has 1 aliphatic carbocycles. The van der Waals surface area contributed by atoms with Crippen molar-refractivity contribution in [2.75, 3.05) is 13.1 Å². The van der Waals surface area contributed by atoms with Gasteiger partial charge in [0.05, 0.1) is 6.54 Å². The molecular formula is C11H20N2O. The van der Waals surface area contributed by atoms with E-state index < -0.39 is 0 Å². The molecule has 1 aliphatic heterocycles. The number of piperazine rings is 1. The highest BCUT2D eigenvalue weighted by Crippen LogP contribution is 2.26. The van der Waals surface area contributed by atoms with Crippen molar-refractivity contribution in [1.29, 1.82) is 0 Å². The number of carbonyl (C=O) groups is 1. The van der Waals surface area contributed by atoms with Crippen LogP contribution in [0.4, 0.5) is 0 Å². The highest BCUT2D eigenvalue weighted by molar-refractivity contribution is 5.79. The Hall–Kier alpha value is -0.570. The second-order valence-corrected chi connectivity index (χ2v) is 5.20. The van der Waals surface area contributed by atoms with Gasteiger partial charge in [0.25, 0.3) is 0 Å². The molecule has 2 fully saturated rings. The van der Waals surface area contributed by atoms with Crippen molar-refractivity contribution < 1.29 is 4.79 Å². The molecule has 0 spiro atoms. The first-order chi connectivity index (χ1) is 6.58. The van der Waals surface area contributed by atoms with Gasteiger partial charge in [-0.25, -0.2) is 0 Å². The molecule has 3 nitrogen and oxygen atoms in total. The van der Waals surface area contributed by atoms with Gasteiger partial charge in [-0.05, 0) is 26.7 Å². The fraction of sp³-hybridized carbons (Fsp3) is 0.909. The molecule has 1 saturated carbocycles. The first-order valence-corrected chi connectivity index (χ1v) is 5.63. The van der Waals surface area contributed by atoms with Gasteiger partial charge >= 0.3 is 0 Å². The molecule has 2 aliphatic rings. The van der Waals surface area contributed by atoms with Crippen LogP contribution in [0.5, 0.6) is 0 Å². The molecular weight excluding hydrogens is 176 g/mol. The predicted molar refractivity (Wildman–Crippen MR) is 56.1 cm³/mol. The number of nitrogens with one attached hydrogen (secondary N) is 1. The Bertz CT molecular complexity index is 231. The Kier molecular flexibility index (Phi) is 2.52. The maximum atomic E-state index is 11.7. The summed E-state index contributed by atoms with van der Waals surface area (Å²) in [5.74, 6) is 0.288. The van der Waals surface area contributed by atoms with Crippen LogP contribution in [0.15, 0.2) is 0 Å². The Morgan fingerprint density at radius 3 is 2.64 bits per heavy atom. The van der Waals surface area contributed by atoms with Crippen molar-refractivity contribution in [3.8, 4) is 0 Å². The lowest BCUT2D eigenvalue weighted by atomic mass is 10.00. The third-order valence-electron chi connectivity index (χ3n) is 3.37. The Morgan fingerprint density at radius 1 is 1.36 bits per heavy atom. The molecule has 0 atom stereocenters. The van der Waals surface area contributed by atoms with E-state index in [0.717, 1.165) is 6.54 Å². The van der Waals surface area contributed by atoms with E-state index in [9.17, 15) is 4.79 Å². The molecule has 80 valence electrons. The molecule has 0 aromatic rings. The molecule has 1 heterocycles. The minimum absolute atomic E-state index is 0.0938. The van der Waals surface area contributed by atoms with E-state index in [1.54, 1.807) is 0 Å². The standard InChI is InChI=1S/C11H20N2O/c1-11(2)8-13(10(14)7-12-11)9-5-3-4-6-9/h9,12H,3-8H2,1-2H3. The van der Waals surface area contributed by atoms with Gasteiger partial charge in [0, 0.05) is 18.1 Å². The summed E-state index contributed by atoms with van der Waals surface area (Å²) in [4.78, 5) is 13.8. The van der Waals surface area contributed by atoms with Crippen molar-refractivity contribution in [2.45, 2.75) is 51.1 Å². The van der Waals surface area contributed by atoms with E-state index in [4.69, 9.17) is 0 Å². The summed E-state index contributed by atoms with van der Waals surface area (Å²) in [5.41, 5.74) is 0.0938. The summed E-state index contributed by atoms with van der Waals surface area (Å²) in [6.07, 6.45) is 5.01.